The topological polar surface area (TPSA) is 60.7 Å². The van der Waals surface area contributed by atoms with Gasteiger partial charge in [-0.2, -0.15) is 4.98 Å². The lowest BCUT2D eigenvalue weighted by Gasteiger charge is -2.23. The number of rotatable bonds is 6. The molecule has 3 rings (SSSR count). The molecule has 0 N–H and O–H groups in total. The zero-order chi connectivity index (χ0) is 20.1. The Balaban J connectivity index is 1.88. The van der Waals surface area contributed by atoms with Gasteiger partial charge in [0, 0.05) is 42.9 Å². The zero-order valence-electron chi connectivity index (χ0n) is 16.2. The number of halogens is 1. The molecule has 5 nitrogen and oxygen atoms in total. The first-order valence-electron chi connectivity index (χ1n) is 9.02. The molecule has 0 saturated heterocycles. The Morgan fingerprint density at radius 2 is 1.75 bits per heavy atom. The largest absolute Gasteiger partial charge is 0.326 e. The van der Waals surface area contributed by atoms with Crippen LogP contribution in [0.25, 0.3) is 0 Å². The van der Waals surface area contributed by atoms with Crippen LogP contribution in [0.4, 0.5) is 4.39 Å². The molecule has 0 spiro atoms. The van der Waals surface area contributed by atoms with Crippen LogP contribution in [0.15, 0.2) is 59.1 Å². The van der Waals surface area contributed by atoms with Gasteiger partial charge in [0.1, 0.15) is 12.1 Å². The van der Waals surface area contributed by atoms with Crippen molar-refractivity contribution in [2.75, 3.05) is 0 Å². The SMILES string of the molecule is CC(C)(C)Cn1cc(Cc2cncnc2)c(=O)nc1SCc1ccc(F)cc1. The number of nitrogens with zero attached hydrogens (tertiary/aromatic N) is 4. The minimum atomic E-state index is -0.259. The molecule has 7 heteroatoms. The van der Waals surface area contributed by atoms with Crippen LogP contribution in [0.2, 0.25) is 0 Å². The van der Waals surface area contributed by atoms with Gasteiger partial charge in [0.15, 0.2) is 5.16 Å². The Bertz CT molecular complexity index is 982. The van der Waals surface area contributed by atoms with E-state index in [0.29, 0.717) is 22.9 Å². The normalized spacial score (nSPS) is 11.6. The lowest BCUT2D eigenvalue weighted by Crippen LogP contribution is -2.24. The molecule has 0 aliphatic rings. The zero-order valence-corrected chi connectivity index (χ0v) is 17.0. The maximum Gasteiger partial charge on any atom is 0.277 e. The quantitative estimate of drug-likeness (QED) is 0.462. The van der Waals surface area contributed by atoms with Crippen molar-refractivity contribution in [2.24, 2.45) is 5.41 Å². The van der Waals surface area contributed by atoms with E-state index in [9.17, 15) is 9.18 Å². The summed E-state index contributed by atoms with van der Waals surface area (Å²) in [5, 5.41) is 0.664. The number of hydrogen-bond acceptors (Lipinski definition) is 5. The third-order valence-corrected chi connectivity index (χ3v) is 5.03. The molecule has 0 unspecified atom stereocenters. The summed E-state index contributed by atoms with van der Waals surface area (Å²) in [7, 11) is 0. The average molecular weight is 399 g/mol. The van der Waals surface area contributed by atoms with Crippen molar-refractivity contribution >= 4 is 11.8 Å². The molecule has 0 saturated carbocycles. The van der Waals surface area contributed by atoms with E-state index in [1.807, 2.05) is 10.8 Å². The van der Waals surface area contributed by atoms with Gasteiger partial charge in [0.05, 0.1) is 0 Å². The first kappa shape index (κ1) is 20.2. The standard InChI is InChI=1S/C21H23FN4OS/c1-21(2,3)13-26-11-17(8-16-9-23-14-24-10-16)19(27)25-20(26)28-12-15-4-6-18(22)7-5-15/h4-7,9-11,14H,8,12-13H2,1-3H3. The number of aromatic nitrogens is 4. The second kappa shape index (κ2) is 8.65. The fraction of sp³-hybridized carbons (Fsp3) is 0.333. The molecule has 0 atom stereocenters. The van der Waals surface area contributed by atoms with Crippen LogP contribution in [0, 0.1) is 11.2 Å². The van der Waals surface area contributed by atoms with Crippen molar-refractivity contribution in [3.05, 3.63) is 82.0 Å². The van der Waals surface area contributed by atoms with E-state index >= 15 is 0 Å². The minimum absolute atomic E-state index is 0.0229. The summed E-state index contributed by atoms with van der Waals surface area (Å²) in [4.78, 5) is 24.9. The minimum Gasteiger partial charge on any atom is -0.326 e. The summed E-state index contributed by atoms with van der Waals surface area (Å²) in [6.07, 6.45) is 7.21. The van der Waals surface area contributed by atoms with Crippen LogP contribution in [-0.2, 0) is 18.7 Å². The van der Waals surface area contributed by atoms with E-state index in [4.69, 9.17) is 0 Å². The highest BCUT2D eigenvalue weighted by Crippen LogP contribution is 2.24. The average Bonchev–Trinajstić information content (AvgIpc) is 2.64. The highest BCUT2D eigenvalue weighted by molar-refractivity contribution is 7.98. The molecule has 3 aromatic rings. The van der Waals surface area contributed by atoms with Gasteiger partial charge in [-0.15, -0.1) is 0 Å². The summed E-state index contributed by atoms with van der Waals surface area (Å²) in [5.41, 5.74) is 2.25. The highest BCUT2D eigenvalue weighted by atomic mass is 32.2. The molecule has 146 valence electrons. The molecular formula is C21H23FN4OS. The van der Waals surface area contributed by atoms with Crippen LogP contribution in [-0.4, -0.2) is 19.5 Å². The summed E-state index contributed by atoms with van der Waals surface area (Å²) in [5.74, 6) is 0.355. The van der Waals surface area contributed by atoms with Gasteiger partial charge >= 0.3 is 0 Å². The second-order valence-electron chi connectivity index (χ2n) is 7.88. The maximum atomic E-state index is 13.1. The Labute approximate surface area is 168 Å². The fourth-order valence-corrected chi connectivity index (χ4v) is 3.67. The number of hydrogen-bond donors (Lipinski definition) is 0. The Morgan fingerprint density at radius 3 is 2.39 bits per heavy atom. The van der Waals surface area contributed by atoms with E-state index in [1.165, 1.54) is 30.2 Å². The molecule has 0 fully saturated rings. The van der Waals surface area contributed by atoms with Gasteiger partial charge in [-0.05, 0) is 28.7 Å². The summed E-state index contributed by atoms with van der Waals surface area (Å²) >= 11 is 1.48. The van der Waals surface area contributed by atoms with Gasteiger partial charge < -0.3 is 4.57 Å². The van der Waals surface area contributed by atoms with Crippen LogP contribution in [0.3, 0.4) is 0 Å². The Hall–Kier alpha value is -2.54. The molecule has 0 amide bonds. The molecule has 0 radical (unpaired) electrons. The Morgan fingerprint density at radius 1 is 1.07 bits per heavy atom. The fourth-order valence-electron chi connectivity index (χ4n) is 2.75. The first-order chi connectivity index (χ1) is 13.3. The molecule has 2 aromatic heterocycles. The van der Waals surface area contributed by atoms with Gasteiger partial charge in [-0.3, -0.25) is 4.79 Å². The smallest absolute Gasteiger partial charge is 0.277 e. The predicted octanol–water partition coefficient (Wildman–Crippen LogP) is 4.10. The van der Waals surface area contributed by atoms with Gasteiger partial charge in [0.2, 0.25) is 0 Å². The Kier molecular flexibility index (Phi) is 6.24. The summed E-state index contributed by atoms with van der Waals surface area (Å²) in [6.45, 7) is 7.16. The van der Waals surface area contributed by atoms with Crippen molar-refractivity contribution in [1.82, 2.24) is 19.5 Å². The number of benzene rings is 1. The second-order valence-corrected chi connectivity index (χ2v) is 8.82. The van der Waals surface area contributed by atoms with Crippen molar-refractivity contribution in [2.45, 2.75) is 44.6 Å². The molecule has 0 bridgehead atoms. The molecule has 28 heavy (non-hydrogen) atoms. The lowest BCUT2D eigenvalue weighted by molar-refractivity contribution is 0.325. The van der Waals surface area contributed by atoms with Gasteiger partial charge in [0.25, 0.3) is 5.56 Å². The first-order valence-corrected chi connectivity index (χ1v) is 10.0. The molecule has 0 aliphatic heterocycles. The van der Waals surface area contributed by atoms with Gasteiger partial charge in [-0.25, -0.2) is 14.4 Å². The van der Waals surface area contributed by atoms with E-state index in [2.05, 4.69) is 35.7 Å². The highest BCUT2D eigenvalue weighted by Gasteiger charge is 2.16. The van der Waals surface area contributed by atoms with Crippen molar-refractivity contribution in [3.8, 4) is 0 Å². The lowest BCUT2D eigenvalue weighted by atomic mass is 9.97. The number of thioether (sulfide) groups is 1. The van der Waals surface area contributed by atoms with Crippen LogP contribution >= 0.6 is 11.8 Å². The molecular weight excluding hydrogens is 375 g/mol. The van der Waals surface area contributed by atoms with E-state index in [-0.39, 0.29) is 16.8 Å². The maximum absolute atomic E-state index is 13.1. The van der Waals surface area contributed by atoms with Crippen LogP contribution < -0.4 is 5.56 Å². The summed E-state index contributed by atoms with van der Waals surface area (Å²) < 4.78 is 15.1. The molecule has 2 heterocycles. The van der Waals surface area contributed by atoms with Crippen LogP contribution in [0.5, 0.6) is 0 Å². The van der Waals surface area contributed by atoms with E-state index in [1.54, 1.807) is 24.5 Å². The van der Waals surface area contributed by atoms with Gasteiger partial charge in [-0.1, -0.05) is 44.7 Å². The van der Waals surface area contributed by atoms with Crippen molar-refractivity contribution in [1.29, 1.82) is 0 Å². The van der Waals surface area contributed by atoms with Crippen LogP contribution in [0.1, 0.15) is 37.5 Å². The third-order valence-electron chi connectivity index (χ3n) is 3.96. The predicted molar refractivity (Wildman–Crippen MR) is 109 cm³/mol. The monoisotopic (exact) mass is 398 g/mol. The third kappa shape index (κ3) is 5.73. The molecule has 1 aromatic carbocycles. The summed E-state index contributed by atoms with van der Waals surface area (Å²) in [6, 6.07) is 6.38. The van der Waals surface area contributed by atoms with E-state index < -0.39 is 0 Å². The molecule has 0 aliphatic carbocycles. The van der Waals surface area contributed by atoms with Crippen molar-refractivity contribution in [3.63, 3.8) is 0 Å². The van der Waals surface area contributed by atoms with E-state index in [0.717, 1.165) is 17.7 Å². The van der Waals surface area contributed by atoms with Crippen molar-refractivity contribution < 1.29 is 4.39 Å².